The van der Waals surface area contributed by atoms with Gasteiger partial charge in [-0.1, -0.05) is 54.6 Å². The molecule has 30 heteroatoms. The normalized spacial score (nSPS) is 10.8. The number of nitrogens with zero attached hydrogens (tertiary/aromatic N) is 18. The summed E-state index contributed by atoms with van der Waals surface area (Å²) < 4.78 is 41.5. The van der Waals surface area contributed by atoms with Crippen LogP contribution >= 0.6 is 40.0 Å². The molecule has 0 atom stereocenters. The first-order chi connectivity index (χ1) is 47.6. The summed E-state index contributed by atoms with van der Waals surface area (Å²) in [5.74, 6) is 3.49. The van der Waals surface area contributed by atoms with Crippen molar-refractivity contribution in [1.82, 2.24) is 88.6 Å². The van der Waals surface area contributed by atoms with Crippen LogP contribution in [0.4, 0.5) is 0 Å². The van der Waals surface area contributed by atoms with Gasteiger partial charge in [0.25, 0.3) is 0 Å². The number of hydrogen-bond donors (Lipinski definition) is 0. The standard InChI is InChI=1S/2C23H24N6O3.C22H22N6O3.2HI.V/c2*1-16-14-29(19-11-26-28(2)15-19)27-21(22(16)30)10-17-5-4-6-18(9-17)23-24-12-20(13-25-23)32-8-7-31-3;1-27-15-18(12-25-27)28-7-6-21(29)20(26-28)11-16-4-3-5-17(10-16)22-23-13-19(14-24-22)31-9-8-30-2;;;/h2*4-6,9,11-15H,7-8,10H2,1-3H3;3-7,10,12-15H,8-9,11H2,1-2H3;2*1H;/q;;;;;+2/p-2. The fraction of sp³-hybridized carbons (Fsp3) is 0.250. The Morgan fingerprint density at radius 3 is 1.04 bits per heavy atom. The van der Waals surface area contributed by atoms with E-state index in [1.165, 1.54) is 6.07 Å². The van der Waals surface area contributed by atoms with Gasteiger partial charge >= 0.3 is 49.4 Å². The molecule has 0 amide bonds. The van der Waals surface area contributed by atoms with Gasteiger partial charge < -0.3 is 28.4 Å². The predicted molar refractivity (Wildman–Crippen MR) is 380 cm³/mol. The molecule has 0 bridgehead atoms. The van der Waals surface area contributed by atoms with Crippen LogP contribution in [0.15, 0.2) is 186 Å². The van der Waals surface area contributed by atoms with Gasteiger partial charge in [0.15, 0.2) is 34.7 Å². The summed E-state index contributed by atoms with van der Waals surface area (Å²) in [6, 6.07) is 24.9. The first-order valence-electron chi connectivity index (χ1n) is 30.4. The Morgan fingerprint density at radius 1 is 0.408 bits per heavy atom. The number of benzene rings is 3. The Hall–Kier alpha value is -9.51. The number of aromatic nitrogens is 18. The van der Waals surface area contributed by atoms with Crippen LogP contribution in [-0.4, -0.2) is 150 Å². The van der Waals surface area contributed by atoms with Crippen molar-refractivity contribution in [3.05, 3.63) is 247 Å². The van der Waals surface area contributed by atoms with E-state index >= 15 is 0 Å². The maximum atomic E-state index is 12.7. The van der Waals surface area contributed by atoms with E-state index in [4.69, 9.17) is 28.4 Å². The third-order valence-electron chi connectivity index (χ3n) is 14.3. The Morgan fingerprint density at radius 2 is 0.724 bits per heavy atom. The molecule has 0 aliphatic rings. The minimum absolute atomic E-state index is 0.0654. The minimum atomic E-state index is -0.112. The molecule has 3 aromatic carbocycles. The summed E-state index contributed by atoms with van der Waals surface area (Å²) in [6.07, 6.45) is 26.8. The van der Waals surface area contributed by atoms with Crippen molar-refractivity contribution in [3.8, 4) is 68.5 Å². The monoisotopic (exact) mass is 1590 g/mol. The van der Waals surface area contributed by atoms with Gasteiger partial charge in [-0.3, -0.25) is 28.4 Å². The molecule has 12 rings (SSSR count). The zero-order chi connectivity index (χ0) is 69.3. The molecule has 0 saturated heterocycles. The molecular weight excluding hydrogens is 1520 g/mol. The number of methoxy groups -OCH3 is 3. The topological polar surface area (TPSA) is 291 Å². The van der Waals surface area contributed by atoms with Crippen LogP contribution in [0, 0.1) is 13.8 Å². The van der Waals surface area contributed by atoms with Gasteiger partial charge in [-0.2, -0.15) is 30.6 Å². The van der Waals surface area contributed by atoms with Gasteiger partial charge in [0.05, 0.1) is 94.2 Å². The van der Waals surface area contributed by atoms with Crippen LogP contribution in [-0.2, 0) is 64.1 Å². The molecule has 9 heterocycles. The summed E-state index contributed by atoms with van der Waals surface area (Å²) in [5, 5.41) is 26.1. The molecule has 0 saturated carbocycles. The third-order valence-corrected chi connectivity index (χ3v) is 14.3. The summed E-state index contributed by atoms with van der Waals surface area (Å²) in [5.41, 5.74) is 10.2. The van der Waals surface area contributed by atoms with E-state index in [-0.39, 0.29) is 16.3 Å². The van der Waals surface area contributed by atoms with Gasteiger partial charge in [-0.15, -0.1) is 0 Å². The SMILES string of the molecule is COCCOc1cnc(-c2cccc(Cc3nn(-c4cnn(C)c4)cc(C)c3=O)c2)nc1.COCCOc1cnc(-c2cccc(Cc3nn(-c4cnn(C)c4)cc(C)c3=O)c2)nc1.COCCOc1cnc(-c2cccc(Cc3nn(-c4cnn(C)c4)ccc3=O)c2)nc1.[I][V][I]. The van der Waals surface area contributed by atoms with E-state index in [2.05, 4.69) is 100 Å². The Labute approximate surface area is 593 Å². The average molecular weight is 1590 g/mol. The fourth-order valence-corrected chi connectivity index (χ4v) is 9.53. The van der Waals surface area contributed by atoms with E-state index in [1.54, 1.807) is 138 Å². The fourth-order valence-electron chi connectivity index (χ4n) is 9.53. The van der Waals surface area contributed by atoms with Crippen LogP contribution in [0.5, 0.6) is 17.2 Å². The quantitative estimate of drug-likeness (QED) is 0.0404. The summed E-state index contributed by atoms with van der Waals surface area (Å²) in [7, 11) is 11.0. The predicted octanol–water partition coefficient (Wildman–Crippen LogP) is 8.50. The van der Waals surface area contributed by atoms with Crippen molar-refractivity contribution in [2.75, 3.05) is 61.0 Å². The van der Waals surface area contributed by atoms with E-state index in [0.717, 1.165) is 50.4 Å². The van der Waals surface area contributed by atoms with E-state index < -0.39 is 0 Å². The summed E-state index contributed by atoms with van der Waals surface area (Å²) >= 11 is 4.74. The molecule has 98 heavy (non-hydrogen) atoms. The molecule has 0 N–H and O–H groups in total. The van der Waals surface area contributed by atoms with Crippen molar-refractivity contribution in [2.45, 2.75) is 33.1 Å². The molecular formula is C68H70I2N18O9V. The van der Waals surface area contributed by atoms with Gasteiger partial charge in [0, 0.05) is 114 Å². The van der Waals surface area contributed by atoms with Crippen molar-refractivity contribution < 1.29 is 37.9 Å². The number of rotatable bonds is 24. The van der Waals surface area contributed by atoms with Gasteiger partial charge in [0.1, 0.15) is 54.0 Å². The first kappa shape index (κ1) is 72.8. The van der Waals surface area contributed by atoms with Gasteiger partial charge in [-0.25, -0.2) is 43.9 Å². The molecule has 27 nitrogen and oxygen atoms in total. The number of halogens is 2. The molecule has 9 aromatic heterocycles. The molecule has 0 unspecified atom stereocenters. The van der Waals surface area contributed by atoms with Crippen LogP contribution in [0.3, 0.4) is 0 Å². The van der Waals surface area contributed by atoms with Crippen molar-refractivity contribution in [3.63, 3.8) is 0 Å². The van der Waals surface area contributed by atoms with Crippen LogP contribution in [0.2, 0.25) is 0 Å². The van der Waals surface area contributed by atoms with Crippen molar-refractivity contribution >= 4 is 40.0 Å². The first-order valence-corrected chi connectivity index (χ1v) is 39.4. The molecule has 0 aliphatic heterocycles. The zero-order valence-electron chi connectivity index (χ0n) is 55.0. The van der Waals surface area contributed by atoms with Crippen molar-refractivity contribution in [1.29, 1.82) is 0 Å². The van der Waals surface area contributed by atoms with Crippen LogP contribution in [0.1, 0.15) is 44.9 Å². The average Bonchev–Trinajstić information content (AvgIpc) is 1.33. The summed E-state index contributed by atoms with van der Waals surface area (Å²) in [6.45, 7) is 6.40. The second-order valence-electron chi connectivity index (χ2n) is 21.7. The zero-order valence-corrected chi connectivity index (χ0v) is 60.7. The molecule has 0 radical (unpaired) electrons. The Kier molecular flexibility index (Phi) is 27.3. The molecule has 0 fully saturated rings. The molecule has 505 valence electrons. The Balaban J connectivity index is 0.000000168. The van der Waals surface area contributed by atoms with Gasteiger partial charge in [0.2, 0.25) is 16.3 Å². The molecule has 0 aliphatic carbocycles. The van der Waals surface area contributed by atoms with E-state index in [0.29, 0.717) is 131 Å². The third kappa shape index (κ3) is 21.0. The van der Waals surface area contributed by atoms with E-state index in [9.17, 15) is 14.4 Å². The number of hydrogen-bond acceptors (Lipinski definition) is 21. The van der Waals surface area contributed by atoms with E-state index in [1.807, 2.05) is 113 Å². The second kappa shape index (κ2) is 36.7. The van der Waals surface area contributed by atoms with Crippen LogP contribution in [0.25, 0.3) is 51.2 Å². The summed E-state index contributed by atoms with van der Waals surface area (Å²) in [4.78, 5) is 64.2. The molecule has 0 spiro atoms. The van der Waals surface area contributed by atoms with Gasteiger partial charge in [-0.05, 0) is 48.7 Å². The number of aryl methyl sites for hydroxylation is 5. The number of ether oxygens (including phenoxy) is 6. The second-order valence-corrected chi connectivity index (χ2v) is 33.5. The van der Waals surface area contributed by atoms with Crippen LogP contribution < -0.4 is 30.5 Å². The maximum absolute atomic E-state index is 12.7. The molecule has 12 aromatic rings. The Bertz CT molecular complexity index is 4520. The van der Waals surface area contributed by atoms with Crippen molar-refractivity contribution in [2.24, 2.45) is 21.1 Å².